The Morgan fingerprint density at radius 3 is 2.54 bits per heavy atom. The Labute approximate surface area is 153 Å². The summed E-state index contributed by atoms with van der Waals surface area (Å²) in [5, 5.41) is 11.7. The Hall–Kier alpha value is -2.66. The van der Waals surface area contributed by atoms with Crippen molar-refractivity contribution in [2.45, 2.75) is 24.7 Å². The van der Waals surface area contributed by atoms with Gasteiger partial charge in [-0.2, -0.15) is 0 Å². The van der Waals surface area contributed by atoms with Crippen LogP contribution in [-0.4, -0.2) is 37.1 Å². The molecule has 0 radical (unpaired) electrons. The minimum atomic E-state index is -0.907. The number of nitrogens with zero attached hydrogens (tertiary/aromatic N) is 1. The van der Waals surface area contributed by atoms with Crippen molar-refractivity contribution in [3.8, 4) is 0 Å². The number of anilines is 1. The zero-order valence-electron chi connectivity index (χ0n) is 14.9. The van der Waals surface area contributed by atoms with Crippen LogP contribution in [0.3, 0.4) is 0 Å². The summed E-state index contributed by atoms with van der Waals surface area (Å²) in [5.41, 5.74) is 1.87. The average molecular weight is 352 g/mol. The molecule has 0 spiro atoms. The van der Waals surface area contributed by atoms with Crippen LogP contribution in [0, 0.1) is 0 Å². The van der Waals surface area contributed by atoms with E-state index in [9.17, 15) is 9.59 Å². The van der Waals surface area contributed by atoms with Crippen molar-refractivity contribution in [2.75, 3.05) is 25.1 Å². The monoisotopic (exact) mass is 352 g/mol. The van der Waals surface area contributed by atoms with Crippen LogP contribution in [0.25, 0.3) is 0 Å². The summed E-state index contributed by atoms with van der Waals surface area (Å²) in [6.07, 6.45) is 1.07. The van der Waals surface area contributed by atoms with Gasteiger partial charge in [0.25, 0.3) is 0 Å². The molecule has 0 aliphatic carbocycles. The number of aliphatic hydroxyl groups excluding tert-OH is 1. The van der Waals surface area contributed by atoms with Crippen LogP contribution in [0.4, 0.5) is 5.69 Å². The number of fused-ring (bicyclic) bond motifs is 1. The molecule has 3 rings (SSSR count). The normalized spacial score (nSPS) is 18.7. The molecule has 136 valence electrons. The lowest BCUT2D eigenvalue weighted by Gasteiger charge is -2.28. The van der Waals surface area contributed by atoms with E-state index >= 15 is 0 Å². The third-order valence-corrected chi connectivity index (χ3v) is 4.96. The van der Waals surface area contributed by atoms with E-state index in [4.69, 9.17) is 5.11 Å². The topological polar surface area (TPSA) is 69.6 Å². The molecule has 2 amide bonds. The van der Waals surface area contributed by atoms with Gasteiger partial charge in [-0.15, -0.1) is 0 Å². The van der Waals surface area contributed by atoms with Crippen molar-refractivity contribution in [3.63, 3.8) is 0 Å². The van der Waals surface area contributed by atoms with Crippen LogP contribution in [0.2, 0.25) is 0 Å². The second-order valence-corrected chi connectivity index (χ2v) is 6.73. The number of aliphatic hydroxyl groups is 1. The van der Waals surface area contributed by atoms with Crippen molar-refractivity contribution in [3.05, 3.63) is 65.7 Å². The molecule has 0 unspecified atom stereocenters. The molecule has 0 bridgehead atoms. The van der Waals surface area contributed by atoms with Gasteiger partial charge in [-0.3, -0.25) is 9.59 Å². The maximum Gasteiger partial charge on any atom is 0.238 e. The van der Waals surface area contributed by atoms with Crippen LogP contribution < -0.4 is 10.2 Å². The van der Waals surface area contributed by atoms with Gasteiger partial charge in [0.15, 0.2) is 0 Å². The standard InChI is InChI=1S/C21H24N2O3/c1-23-18-11-6-5-10-17(18)21(20(23)26,14-16-8-3-2-4-9-16)15-19(25)22-12-7-13-24/h2-6,8-11,24H,7,12-15H2,1H3,(H,22,25)/t21-/m1/s1. The highest BCUT2D eigenvalue weighted by Crippen LogP contribution is 2.45. The fourth-order valence-electron chi connectivity index (χ4n) is 3.71. The van der Waals surface area contributed by atoms with Crippen molar-refractivity contribution in [2.24, 2.45) is 0 Å². The van der Waals surface area contributed by atoms with Gasteiger partial charge in [-0.1, -0.05) is 48.5 Å². The number of rotatable bonds is 7. The molecule has 1 aliphatic rings. The summed E-state index contributed by atoms with van der Waals surface area (Å²) in [5.74, 6) is -0.229. The maximum absolute atomic E-state index is 13.3. The summed E-state index contributed by atoms with van der Waals surface area (Å²) in [6.45, 7) is 0.433. The molecule has 5 heteroatoms. The molecule has 2 aromatic carbocycles. The van der Waals surface area contributed by atoms with E-state index in [-0.39, 0.29) is 24.8 Å². The van der Waals surface area contributed by atoms with E-state index in [2.05, 4.69) is 5.32 Å². The van der Waals surface area contributed by atoms with Gasteiger partial charge in [-0.25, -0.2) is 0 Å². The van der Waals surface area contributed by atoms with Gasteiger partial charge >= 0.3 is 0 Å². The highest BCUT2D eigenvalue weighted by Gasteiger charge is 2.50. The van der Waals surface area contributed by atoms with Gasteiger partial charge in [0.05, 0.1) is 5.41 Å². The van der Waals surface area contributed by atoms with Crippen molar-refractivity contribution in [1.82, 2.24) is 5.32 Å². The number of nitrogens with one attached hydrogen (secondary N) is 1. The quantitative estimate of drug-likeness (QED) is 0.749. The number of benzene rings is 2. The molecule has 0 aromatic heterocycles. The van der Waals surface area contributed by atoms with Gasteiger partial charge in [0, 0.05) is 32.3 Å². The van der Waals surface area contributed by atoms with Crippen LogP contribution in [-0.2, 0) is 21.4 Å². The van der Waals surface area contributed by atoms with Crippen LogP contribution in [0.5, 0.6) is 0 Å². The number of carbonyl (C=O) groups excluding carboxylic acids is 2. The molecule has 0 fully saturated rings. The Bertz CT molecular complexity index is 791. The number of hydrogen-bond acceptors (Lipinski definition) is 3. The van der Waals surface area contributed by atoms with Crippen molar-refractivity contribution < 1.29 is 14.7 Å². The third-order valence-electron chi connectivity index (χ3n) is 4.96. The molecule has 2 N–H and O–H groups in total. The first-order valence-electron chi connectivity index (χ1n) is 8.87. The summed E-state index contributed by atoms with van der Waals surface area (Å²) >= 11 is 0. The molecule has 5 nitrogen and oxygen atoms in total. The Morgan fingerprint density at radius 2 is 1.81 bits per heavy atom. The lowest BCUT2D eigenvalue weighted by atomic mass is 9.73. The van der Waals surface area contributed by atoms with Crippen LogP contribution >= 0.6 is 0 Å². The van der Waals surface area contributed by atoms with Gasteiger partial charge in [0.1, 0.15) is 0 Å². The SMILES string of the molecule is CN1C(=O)[C@@](CC(=O)NCCCO)(Cc2ccccc2)c2ccccc21. The van der Waals surface area contributed by atoms with E-state index < -0.39 is 5.41 Å². The van der Waals surface area contributed by atoms with E-state index in [0.29, 0.717) is 19.4 Å². The summed E-state index contributed by atoms with van der Waals surface area (Å²) in [6, 6.07) is 17.5. The number of amides is 2. The van der Waals surface area contributed by atoms with E-state index in [1.807, 2.05) is 54.6 Å². The average Bonchev–Trinajstić information content (AvgIpc) is 2.85. The second kappa shape index (κ2) is 7.70. The lowest BCUT2D eigenvalue weighted by molar-refractivity contribution is -0.129. The molecule has 26 heavy (non-hydrogen) atoms. The lowest BCUT2D eigenvalue weighted by Crippen LogP contribution is -2.44. The number of likely N-dealkylation sites (N-methyl/N-ethyl adjacent to an activating group) is 1. The summed E-state index contributed by atoms with van der Waals surface area (Å²) in [7, 11) is 1.76. The summed E-state index contributed by atoms with van der Waals surface area (Å²) in [4.78, 5) is 27.5. The first kappa shape index (κ1) is 18.1. The second-order valence-electron chi connectivity index (χ2n) is 6.73. The largest absolute Gasteiger partial charge is 0.396 e. The molecule has 2 aromatic rings. The fourth-order valence-corrected chi connectivity index (χ4v) is 3.71. The zero-order valence-corrected chi connectivity index (χ0v) is 14.9. The predicted octanol–water partition coefficient (Wildman–Crippen LogP) is 2.03. The number of para-hydroxylation sites is 1. The van der Waals surface area contributed by atoms with Crippen LogP contribution in [0.15, 0.2) is 54.6 Å². The van der Waals surface area contributed by atoms with Crippen molar-refractivity contribution in [1.29, 1.82) is 0 Å². The molecule has 1 heterocycles. The minimum absolute atomic E-state index is 0.0277. The van der Waals surface area contributed by atoms with E-state index in [1.165, 1.54) is 0 Å². The first-order valence-corrected chi connectivity index (χ1v) is 8.87. The molecule has 0 saturated heterocycles. The molecule has 1 atom stereocenters. The van der Waals surface area contributed by atoms with Crippen LogP contribution in [0.1, 0.15) is 24.0 Å². The van der Waals surface area contributed by atoms with Gasteiger partial charge in [0.2, 0.25) is 11.8 Å². The maximum atomic E-state index is 13.3. The Kier molecular flexibility index (Phi) is 5.38. The highest BCUT2D eigenvalue weighted by molar-refractivity contribution is 6.09. The third kappa shape index (κ3) is 3.35. The number of carbonyl (C=O) groups is 2. The highest BCUT2D eigenvalue weighted by atomic mass is 16.3. The van der Waals surface area contributed by atoms with E-state index in [1.54, 1.807) is 11.9 Å². The predicted molar refractivity (Wildman–Crippen MR) is 101 cm³/mol. The molecular formula is C21H24N2O3. The van der Waals surface area contributed by atoms with Crippen molar-refractivity contribution >= 4 is 17.5 Å². The van der Waals surface area contributed by atoms with E-state index in [0.717, 1.165) is 16.8 Å². The molecular weight excluding hydrogens is 328 g/mol. The Morgan fingerprint density at radius 1 is 1.12 bits per heavy atom. The zero-order chi connectivity index (χ0) is 18.6. The first-order chi connectivity index (χ1) is 12.6. The smallest absolute Gasteiger partial charge is 0.238 e. The molecule has 0 saturated carbocycles. The Balaban J connectivity index is 1.97. The summed E-state index contributed by atoms with van der Waals surface area (Å²) < 4.78 is 0. The van der Waals surface area contributed by atoms with Gasteiger partial charge < -0.3 is 15.3 Å². The number of hydrogen-bond donors (Lipinski definition) is 2. The van der Waals surface area contributed by atoms with Gasteiger partial charge in [-0.05, 0) is 30.0 Å². The fraction of sp³-hybridized carbons (Fsp3) is 0.333. The minimum Gasteiger partial charge on any atom is -0.396 e. The molecule has 1 aliphatic heterocycles.